The molecule has 0 bridgehead atoms. The lowest BCUT2D eigenvalue weighted by Crippen LogP contribution is -2.24. The van der Waals surface area contributed by atoms with Crippen molar-refractivity contribution in [2.45, 2.75) is 4.90 Å². The van der Waals surface area contributed by atoms with E-state index in [1.54, 1.807) is 30.3 Å². The molecule has 0 radical (unpaired) electrons. The number of nitrogens with two attached hydrogens (primary N) is 2. The summed E-state index contributed by atoms with van der Waals surface area (Å²) in [5.41, 5.74) is 10.8. The first-order chi connectivity index (χ1) is 13.2. The average molecular weight is 402 g/mol. The van der Waals surface area contributed by atoms with Crippen molar-refractivity contribution in [3.63, 3.8) is 0 Å². The van der Waals surface area contributed by atoms with Crippen LogP contribution in [0.1, 0.15) is 10.4 Å². The summed E-state index contributed by atoms with van der Waals surface area (Å²) < 4.78 is 31.7. The molecule has 0 aromatic heterocycles. The van der Waals surface area contributed by atoms with Gasteiger partial charge in [0.1, 0.15) is 5.70 Å². The van der Waals surface area contributed by atoms with Gasteiger partial charge in [-0.05, 0) is 24.3 Å². The molecule has 0 aliphatic heterocycles. The number of ketones is 1. The molecule has 0 heterocycles. The molecule has 28 heavy (non-hydrogen) atoms. The van der Waals surface area contributed by atoms with Crippen LogP contribution in [0.3, 0.4) is 0 Å². The summed E-state index contributed by atoms with van der Waals surface area (Å²) >= 11 is 0. The molecule has 0 saturated carbocycles. The van der Waals surface area contributed by atoms with E-state index in [2.05, 4.69) is 14.5 Å². The predicted molar refractivity (Wildman–Crippen MR) is 104 cm³/mol. The Labute approximate surface area is 161 Å². The van der Waals surface area contributed by atoms with E-state index in [0.717, 1.165) is 6.08 Å². The summed E-state index contributed by atoms with van der Waals surface area (Å²) in [7, 11) is -2.85. The molecule has 2 aromatic carbocycles. The zero-order valence-corrected chi connectivity index (χ0v) is 15.6. The molecular weight excluding hydrogens is 384 g/mol. The number of carbonyl (C=O) groups is 2. The van der Waals surface area contributed by atoms with E-state index in [1.807, 2.05) is 0 Å². The molecule has 0 aliphatic rings. The minimum atomic E-state index is -4.03. The number of anilines is 1. The Kier molecular flexibility index (Phi) is 6.51. The number of carbonyl (C=O) groups excluding carboxylic acids is 2. The molecule has 0 atom stereocenters. The van der Waals surface area contributed by atoms with Gasteiger partial charge in [-0.15, -0.1) is 4.40 Å². The Morgan fingerprint density at radius 3 is 2.18 bits per heavy atom. The zero-order valence-electron chi connectivity index (χ0n) is 14.8. The minimum absolute atomic E-state index is 0.115. The van der Waals surface area contributed by atoms with Crippen molar-refractivity contribution in [3.05, 3.63) is 71.9 Å². The molecule has 9 nitrogen and oxygen atoms in total. The van der Waals surface area contributed by atoms with Crippen LogP contribution in [-0.4, -0.2) is 33.2 Å². The summed E-state index contributed by atoms with van der Waals surface area (Å²) in [5.74, 6) is -1.75. The van der Waals surface area contributed by atoms with Crippen LogP contribution in [-0.2, 0) is 19.6 Å². The lowest BCUT2D eigenvalue weighted by Gasteiger charge is -2.10. The number of allylic oxidation sites excluding steroid dienone is 1. The number of hydrogen-bond acceptors (Lipinski definition) is 6. The van der Waals surface area contributed by atoms with Crippen LogP contribution in [0.15, 0.2) is 75.7 Å². The number of sulfonamides is 1. The van der Waals surface area contributed by atoms with E-state index in [1.165, 1.54) is 31.4 Å². The van der Waals surface area contributed by atoms with Crippen LogP contribution in [0.5, 0.6) is 0 Å². The number of nitrogens with zero attached hydrogens (tertiary/aromatic N) is 1. The van der Waals surface area contributed by atoms with E-state index in [-0.39, 0.29) is 10.6 Å². The van der Waals surface area contributed by atoms with Crippen molar-refractivity contribution in [3.8, 4) is 0 Å². The van der Waals surface area contributed by atoms with Crippen LogP contribution in [0, 0.1) is 0 Å². The number of nitrogens with one attached hydrogen (secondary N) is 1. The molecule has 0 unspecified atom stereocenters. The highest BCUT2D eigenvalue weighted by Gasteiger charge is 2.16. The number of benzene rings is 2. The minimum Gasteiger partial charge on any atom is -0.464 e. The highest BCUT2D eigenvalue weighted by Crippen LogP contribution is 2.18. The second-order valence-corrected chi connectivity index (χ2v) is 7.02. The number of rotatable bonds is 7. The fraction of sp³-hybridized carbons (Fsp3) is 0.0556. The molecule has 0 amide bonds. The SMILES string of the molecule is COC(=O)/C(=C/C(=O)c1ccccc1)Nc1ccc(S(=O)(=O)N=C(N)N)cc1. The number of esters is 1. The first kappa shape index (κ1) is 20.6. The van der Waals surface area contributed by atoms with Crippen molar-refractivity contribution in [2.24, 2.45) is 15.9 Å². The normalized spacial score (nSPS) is 11.4. The standard InChI is InChI=1S/C18H18N4O5S/c1-27-17(24)15(11-16(23)12-5-3-2-4-6-12)21-13-7-9-14(10-8-13)28(25,26)22-18(19)20/h2-11,21H,1H3,(H4,19,20,22)/b15-11-. The molecule has 146 valence electrons. The Hall–Kier alpha value is -3.66. The van der Waals surface area contributed by atoms with Crippen LogP contribution in [0.2, 0.25) is 0 Å². The summed E-state index contributed by atoms with van der Waals surface area (Å²) in [4.78, 5) is 24.2. The Bertz CT molecular complexity index is 1030. The molecular formula is C18H18N4O5S. The van der Waals surface area contributed by atoms with Gasteiger partial charge >= 0.3 is 5.97 Å². The maximum Gasteiger partial charge on any atom is 0.354 e. The van der Waals surface area contributed by atoms with Gasteiger partial charge in [-0.3, -0.25) is 4.79 Å². The third kappa shape index (κ3) is 5.42. The van der Waals surface area contributed by atoms with Crippen molar-refractivity contribution >= 4 is 33.4 Å². The predicted octanol–water partition coefficient (Wildman–Crippen LogP) is 1.00. The molecule has 0 aliphatic carbocycles. The first-order valence-electron chi connectivity index (χ1n) is 7.85. The monoisotopic (exact) mass is 402 g/mol. The van der Waals surface area contributed by atoms with Gasteiger partial charge in [0.25, 0.3) is 10.0 Å². The fourth-order valence-corrected chi connectivity index (χ4v) is 2.99. The second-order valence-electron chi connectivity index (χ2n) is 5.42. The van der Waals surface area contributed by atoms with Crippen LogP contribution < -0.4 is 16.8 Å². The highest BCUT2D eigenvalue weighted by atomic mass is 32.2. The van der Waals surface area contributed by atoms with Crippen LogP contribution in [0.25, 0.3) is 0 Å². The van der Waals surface area contributed by atoms with E-state index in [0.29, 0.717) is 11.3 Å². The van der Waals surface area contributed by atoms with Gasteiger partial charge in [-0.2, -0.15) is 8.42 Å². The van der Waals surface area contributed by atoms with Gasteiger partial charge in [0.2, 0.25) is 5.96 Å². The summed E-state index contributed by atoms with van der Waals surface area (Å²) in [6.07, 6.45) is 1.10. The number of methoxy groups -OCH3 is 1. The third-order valence-corrected chi connectivity index (χ3v) is 4.71. The van der Waals surface area contributed by atoms with E-state index < -0.39 is 27.7 Å². The lowest BCUT2D eigenvalue weighted by atomic mass is 10.1. The van der Waals surface area contributed by atoms with Gasteiger partial charge in [-0.1, -0.05) is 30.3 Å². The van der Waals surface area contributed by atoms with Gasteiger partial charge < -0.3 is 21.5 Å². The van der Waals surface area contributed by atoms with E-state index >= 15 is 0 Å². The van der Waals surface area contributed by atoms with Crippen molar-refractivity contribution in [2.75, 3.05) is 12.4 Å². The summed E-state index contributed by atoms with van der Waals surface area (Å²) in [6, 6.07) is 13.6. The quantitative estimate of drug-likeness (QED) is 0.204. The molecule has 2 aromatic rings. The second kappa shape index (κ2) is 8.82. The molecule has 0 fully saturated rings. The van der Waals surface area contributed by atoms with Crippen LogP contribution in [0.4, 0.5) is 5.69 Å². The molecule has 0 spiro atoms. The topological polar surface area (TPSA) is 154 Å². The third-order valence-electron chi connectivity index (χ3n) is 3.40. The maximum atomic E-state index is 12.3. The maximum absolute atomic E-state index is 12.3. The van der Waals surface area contributed by atoms with E-state index in [9.17, 15) is 18.0 Å². The summed E-state index contributed by atoms with van der Waals surface area (Å²) in [6.45, 7) is 0. The molecule has 5 N–H and O–H groups in total. The average Bonchev–Trinajstić information content (AvgIpc) is 2.67. The summed E-state index contributed by atoms with van der Waals surface area (Å²) in [5, 5.41) is 2.74. The Balaban J connectivity index is 2.28. The van der Waals surface area contributed by atoms with Gasteiger partial charge in [-0.25, -0.2) is 4.79 Å². The number of guanidine groups is 1. The zero-order chi connectivity index (χ0) is 20.7. The van der Waals surface area contributed by atoms with E-state index in [4.69, 9.17) is 11.5 Å². The molecule has 10 heteroatoms. The Morgan fingerprint density at radius 1 is 1.04 bits per heavy atom. The van der Waals surface area contributed by atoms with Crippen LogP contribution >= 0.6 is 0 Å². The first-order valence-corrected chi connectivity index (χ1v) is 9.29. The fourth-order valence-electron chi connectivity index (χ4n) is 2.13. The van der Waals surface area contributed by atoms with Gasteiger partial charge in [0.15, 0.2) is 5.78 Å². The molecule has 0 saturated heterocycles. The lowest BCUT2D eigenvalue weighted by molar-refractivity contribution is -0.135. The molecule has 2 rings (SSSR count). The Morgan fingerprint density at radius 2 is 1.64 bits per heavy atom. The van der Waals surface area contributed by atoms with Gasteiger partial charge in [0.05, 0.1) is 12.0 Å². The van der Waals surface area contributed by atoms with Gasteiger partial charge in [0, 0.05) is 17.3 Å². The highest BCUT2D eigenvalue weighted by molar-refractivity contribution is 7.90. The number of ether oxygens (including phenoxy) is 1. The smallest absolute Gasteiger partial charge is 0.354 e. The van der Waals surface area contributed by atoms with Crippen molar-refractivity contribution in [1.82, 2.24) is 0 Å². The van der Waals surface area contributed by atoms with Crippen molar-refractivity contribution in [1.29, 1.82) is 0 Å². The largest absolute Gasteiger partial charge is 0.464 e. The number of hydrogen-bond donors (Lipinski definition) is 3. The van der Waals surface area contributed by atoms with Crippen molar-refractivity contribution < 1.29 is 22.7 Å².